The highest BCUT2D eigenvalue weighted by Crippen LogP contribution is 2.34. The van der Waals surface area contributed by atoms with Crippen LogP contribution in [0.5, 0.6) is 11.5 Å². The molecule has 150 valence electrons. The highest BCUT2D eigenvalue weighted by atomic mass is 35.5. The van der Waals surface area contributed by atoms with E-state index in [0.29, 0.717) is 41.3 Å². The maximum atomic E-state index is 13.2. The summed E-state index contributed by atoms with van der Waals surface area (Å²) in [6.45, 7) is 0.968. The first-order chi connectivity index (χ1) is 14.0. The Morgan fingerprint density at radius 2 is 2.03 bits per heavy atom. The summed E-state index contributed by atoms with van der Waals surface area (Å²) in [6.07, 6.45) is -0.0638. The van der Waals surface area contributed by atoms with Gasteiger partial charge in [0.1, 0.15) is 24.3 Å². The van der Waals surface area contributed by atoms with Crippen LogP contribution in [0.15, 0.2) is 41.4 Å². The van der Waals surface area contributed by atoms with Gasteiger partial charge < -0.3 is 20.1 Å². The first kappa shape index (κ1) is 19.5. The number of amides is 2. The fourth-order valence-corrected chi connectivity index (χ4v) is 3.93. The van der Waals surface area contributed by atoms with E-state index in [9.17, 15) is 14.0 Å². The van der Waals surface area contributed by atoms with Crippen LogP contribution in [0.25, 0.3) is 0 Å². The van der Waals surface area contributed by atoms with Gasteiger partial charge in [0.15, 0.2) is 16.7 Å². The second-order valence-electron chi connectivity index (χ2n) is 6.22. The lowest BCUT2D eigenvalue weighted by Gasteiger charge is -2.18. The number of halogens is 2. The molecule has 1 fully saturated rings. The van der Waals surface area contributed by atoms with Gasteiger partial charge in [-0.25, -0.2) is 9.38 Å². The van der Waals surface area contributed by atoms with E-state index in [1.165, 1.54) is 23.9 Å². The molecule has 0 saturated carbocycles. The molecule has 7 nitrogen and oxygen atoms in total. The summed E-state index contributed by atoms with van der Waals surface area (Å²) in [6, 6.07) is 9.11. The van der Waals surface area contributed by atoms with Crippen LogP contribution in [0.2, 0.25) is 5.02 Å². The molecule has 2 aliphatic heterocycles. The standard InChI is InChI=1S/C19H15ClFN3O4S/c20-12-7-10(1-3-13(12)21)22-17(25)9-16-18(26)24-19(29-16)23-11-2-4-14-15(8-11)28-6-5-27-14/h1-4,7-8,16H,5-6,9H2,(H,22,25)(H,23,24,26). The minimum atomic E-state index is -0.623. The molecular weight excluding hydrogens is 421 g/mol. The molecule has 2 aromatic rings. The average molecular weight is 436 g/mol. The van der Waals surface area contributed by atoms with Crippen molar-refractivity contribution in [2.45, 2.75) is 11.7 Å². The van der Waals surface area contributed by atoms with Crippen molar-refractivity contribution in [2.75, 3.05) is 18.5 Å². The van der Waals surface area contributed by atoms with Gasteiger partial charge in [0.25, 0.3) is 0 Å². The zero-order chi connectivity index (χ0) is 20.4. The summed E-state index contributed by atoms with van der Waals surface area (Å²) in [5.74, 6) is -0.0186. The second-order valence-corrected chi connectivity index (χ2v) is 7.82. The quantitative estimate of drug-likeness (QED) is 0.767. The van der Waals surface area contributed by atoms with Gasteiger partial charge in [0.05, 0.1) is 10.7 Å². The highest BCUT2D eigenvalue weighted by molar-refractivity contribution is 8.15. The van der Waals surface area contributed by atoms with Crippen LogP contribution >= 0.6 is 23.4 Å². The molecule has 1 atom stereocenters. The number of nitrogens with zero attached hydrogens (tertiary/aromatic N) is 1. The van der Waals surface area contributed by atoms with Gasteiger partial charge in [-0.05, 0) is 30.3 Å². The summed E-state index contributed by atoms with van der Waals surface area (Å²) >= 11 is 6.87. The summed E-state index contributed by atoms with van der Waals surface area (Å²) in [5.41, 5.74) is 0.957. The van der Waals surface area contributed by atoms with Gasteiger partial charge in [0.2, 0.25) is 11.8 Å². The number of nitrogens with one attached hydrogen (secondary N) is 2. The maximum Gasteiger partial charge on any atom is 0.240 e. The summed E-state index contributed by atoms with van der Waals surface area (Å²) in [5, 5.41) is 4.95. The molecule has 2 heterocycles. The Hall–Kier alpha value is -2.78. The van der Waals surface area contributed by atoms with Gasteiger partial charge in [-0.3, -0.25) is 9.59 Å². The van der Waals surface area contributed by atoms with Crippen LogP contribution in [0.3, 0.4) is 0 Å². The van der Waals surface area contributed by atoms with Crippen LogP contribution in [-0.2, 0) is 9.59 Å². The summed E-state index contributed by atoms with van der Waals surface area (Å²) in [4.78, 5) is 28.8. The predicted octanol–water partition coefficient (Wildman–Crippen LogP) is 3.50. The molecule has 0 radical (unpaired) electrons. The molecule has 2 aliphatic rings. The molecule has 0 aliphatic carbocycles. The lowest BCUT2D eigenvalue weighted by atomic mass is 10.2. The number of carbonyl (C=O) groups is 2. The molecule has 2 aromatic carbocycles. The Balaban J connectivity index is 1.39. The monoisotopic (exact) mass is 435 g/mol. The Labute approximate surface area is 174 Å². The number of carbonyl (C=O) groups excluding carboxylic acids is 2. The van der Waals surface area contributed by atoms with Crippen molar-refractivity contribution < 1.29 is 23.5 Å². The van der Waals surface area contributed by atoms with E-state index in [-0.39, 0.29) is 23.3 Å². The van der Waals surface area contributed by atoms with Crippen LogP contribution in [0.4, 0.5) is 15.8 Å². The summed E-state index contributed by atoms with van der Waals surface area (Å²) in [7, 11) is 0. The minimum Gasteiger partial charge on any atom is -0.486 e. The van der Waals surface area contributed by atoms with Gasteiger partial charge in [-0.2, -0.15) is 0 Å². The predicted molar refractivity (Wildman–Crippen MR) is 109 cm³/mol. The van der Waals surface area contributed by atoms with E-state index in [2.05, 4.69) is 15.6 Å². The minimum absolute atomic E-state index is 0.0638. The zero-order valence-corrected chi connectivity index (χ0v) is 16.5. The number of benzene rings is 2. The first-order valence-corrected chi connectivity index (χ1v) is 9.94. The summed E-state index contributed by atoms with van der Waals surface area (Å²) < 4.78 is 24.2. The molecule has 0 aromatic heterocycles. The molecule has 10 heteroatoms. The van der Waals surface area contributed by atoms with Crippen LogP contribution in [0, 0.1) is 5.82 Å². The normalized spacial score (nSPS) is 19.2. The topological polar surface area (TPSA) is 89.0 Å². The van der Waals surface area contributed by atoms with E-state index in [4.69, 9.17) is 21.1 Å². The van der Waals surface area contributed by atoms with E-state index >= 15 is 0 Å². The SMILES string of the molecule is O=C(CC1SC(=Nc2ccc3c(c2)OCCO3)NC1=O)Nc1ccc(F)c(Cl)c1. The molecule has 4 rings (SSSR count). The van der Waals surface area contributed by atoms with Crippen molar-refractivity contribution in [3.63, 3.8) is 0 Å². The van der Waals surface area contributed by atoms with Gasteiger partial charge >= 0.3 is 0 Å². The lowest BCUT2D eigenvalue weighted by molar-refractivity contribution is -0.122. The zero-order valence-electron chi connectivity index (χ0n) is 14.9. The van der Waals surface area contributed by atoms with Crippen molar-refractivity contribution in [1.29, 1.82) is 0 Å². The van der Waals surface area contributed by atoms with Crippen LogP contribution in [-0.4, -0.2) is 35.4 Å². The molecule has 1 saturated heterocycles. The maximum absolute atomic E-state index is 13.2. The van der Waals surface area contributed by atoms with E-state index in [1.807, 2.05) is 0 Å². The molecule has 0 spiro atoms. The van der Waals surface area contributed by atoms with Crippen LogP contribution in [0.1, 0.15) is 6.42 Å². The Morgan fingerprint density at radius 1 is 1.24 bits per heavy atom. The number of rotatable bonds is 4. The van der Waals surface area contributed by atoms with E-state index < -0.39 is 11.1 Å². The number of aliphatic imine (C=N–C) groups is 1. The third kappa shape index (κ3) is 4.63. The fraction of sp³-hybridized carbons (Fsp3) is 0.211. The smallest absolute Gasteiger partial charge is 0.240 e. The van der Waals surface area contributed by atoms with Crippen LogP contribution < -0.4 is 20.1 Å². The lowest BCUT2D eigenvalue weighted by Crippen LogP contribution is -2.28. The Bertz CT molecular complexity index is 1020. The number of hydrogen-bond acceptors (Lipinski definition) is 6. The molecule has 0 bridgehead atoms. The Kier molecular flexibility index (Phi) is 5.59. The molecule has 29 heavy (non-hydrogen) atoms. The van der Waals surface area contributed by atoms with Crippen molar-refractivity contribution in [2.24, 2.45) is 4.99 Å². The number of thioether (sulfide) groups is 1. The first-order valence-electron chi connectivity index (χ1n) is 8.69. The van der Waals surface area contributed by atoms with E-state index in [1.54, 1.807) is 18.2 Å². The number of amidine groups is 1. The highest BCUT2D eigenvalue weighted by Gasteiger charge is 2.32. The van der Waals surface area contributed by atoms with Crippen molar-refractivity contribution in [3.05, 3.63) is 47.2 Å². The largest absolute Gasteiger partial charge is 0.486 e. The fourth-order valence-electron chi connectivity index (χ4n) is 2.77. The molecular formula is C19H15ClFN3O4S. The van der Waals surface area contributed by atoms with Crippen molar-refractivity contribution in [3.8, 4) is 11.5 Å². The second kappa shape index (κ2) is 8.30. The Morgan fingerprint density at radius 3 is 2.83 bits per heavy atom. The number of fused-ring (bicyclic) bond motifs is 1. The molecule has 1 unspecified atom stereocenters. The van der Waals surface area contributed by atoms with Gasteiger partial charge in [0, 0.05) is 18.2 Å². The van der Waals surface area contributed by atoms with Crippen molar-refractivity contribution in [1.82, 2.24) is 5.32 Å². The number of anilines is 1. The van der Waals surface area contributed by atoms with Crippen molar-refractivity contribution >= 4 is 51.7 Å². The van der Waals surface area contributed by atoms with E-state index in [0.717, 1.165) is 6.07 Å². The average Bonchev–Trinajstić information content (AvgIpc) is 3.03. The molecule has 2 N–H and O–H groups in total. The number of hydrogen-bond donors (Lipinski definition) is 2. The van der Waals surface area contributed by atoms with Gasteiger partial charge in [-0.15, -0.1) is 0 Å². The third-order valence-corrected chi connectivity index (χ3v) is 5.48. The molecule has 2 amide bonds. The van der Waals surface area contributed by atoms with Gasteiger partial charge in [-0.1, -0.05) is 23.4 Å². The third-order valence-electron chi connectivity index (χ3n) is 4.11. The number of ether oxygens (including phenoxy) is 2.